The number of rotatable bonds is 9. The van der Waals surface area contributed by atoms with E-state index < -0.39 is 10.0 Å². The number of hydrogen-bond acceptors (Lipinski definition) is 4. The Morgan fingerprint density at radius 2 is 2.06 bits per heavy atom. The van der Waals surface area contributed by atoms with Crippen molar-refractivity contribution in [3.63, 3.8) is 0 Å². The fourth-order valence-electron chi connectivity index (χ4n) is 1.24. The first-order chi connectivity index (χ1) is 7.46. The number of thioether (sulfide) groups is 1. The maximum atomic E-state index is 11.6. The van der Waals surface area contributed by atoms with Gasteiger partial charge in [0.25, 0.3) is 0 Å². The van der Waals surface area contributed by atoms with Crippen LogP contribution in [0, 0.1) is 0 Å². The summed E-state index contributed by atoms with van der Waals surface area (Å²) in [4.78, 5) is 0. The second-order valence-corrected chi connectivity index (χ2v) is 6.91. The Labute approximate surface area is 107 Å². The minimum absolute atomic E-state index is 0.0352. The zero-order chi connectivity index (χ0) is 12.6. The molecule has 2 atom stereocenters. The number of alkyl halides is 1. The number of hydrogen-bond donors (Lipinski definition) is 2. The number of aliphatic hydroxyl groups is 1. The predicted molar refractivity (Wildman–Crippen MR) is 70.7 cm³/mol. The minimum atomic E-state index is -3.25. The van der Waals surface area contributed by atoms with E-state index in [1.807, 2.05) is 6.26 Å². The maximum Gasteiger partial charge on any atom is 0.211 e. The first-order valence-electron chi connectivity index (χ1n) is 5.16. The second kappa shape index (κ2) is 8.58. The van der Waals surface area contributed by atoms with Gasteiger partial charge in [-0.15, -0.1) is 11.6 Å². The third-order valence-electron chi connectivity index (χ3n) is 2.20. The van der Waals surface area contributed by atoms with Gasteiger partial charge in [-0.25, -0.2) is 13.1 Å². The van der Waals surface area contributed by atoms with Crippen LogP contribution in [0.5, 0.6) is 0 Å². The molecule has 0 aliphatic heterocycles. The summed E-state index contributed by atoms with van der Waals surface area (Å²) >= 11 is 6.93. The van der Waals surface area contributed by atoms with Crippen LogP contribution in [0.1, 0.15) is 19.8 Å². The van der Waals surface area contributed by atoms with Crippen molar-refractivity contribution >= 4 is 33.4 Å². The van der Waals surface area contributed by atoms with Gasteiger partial charge in [-0.1, -0.05) is 0 Å². The molecule has 0 saturated carbocycles. The van der Waals surface area contributed by atoms with Crippen LogP contribution in [0.15, 0.2) is 0 Å². The van der Waals surface area contributed by atoms with Crippen molar-refractivity contribution < 1.29 is 13.5 Å². The highest BCUT2D eigenvalue weighted by Gasteiger charge is 2.20. The Morgan fingerprint density at radius 1 is 1.44 bits per heavy atom. The van der Waals surface area contributed by atoms with Crippen LogP contribution in [0.2, 0.25) is 0 Å². The highest BCUT2D eigenvalue weighted by atomic mass is 35.5. The van der Waals surface area contributed by atoms with Crippen LogP contribution < -0.4 is 4.72 Å². The monoisotopic (exact) mass is 289 g/mol. The third-order valence-corrected chi connectivity index (χ3v) is 5.19. The van der Waals surface area contributed by atoms with Crippen molar-refractivity contribution in [3.05, 3.63) is 0 Å². The Morgan fingerprint density at radius 3 is 2.50 bits per heavy atom. The van der Waals surface area contributed by atoms with Crippen molar-refractivity contribution in [2.75, 3.05) is 24.5 Å². The summed E-state index contributed by atoms with van der Waals surface area (Å²) in [5, 5.41) is 8.93. The quantitative estimate of drug-likeness (QED) is 0.492. The van der Waals surface area contributed by atoms with Gasteiger partial charge in [-0.3, -0.25) is 0 Å². The standard InChI is InChI=1S/C9H20ClNO3S2/c1-8(9(7-12)15-2)11-16(13,14)6-4-3-5-10/h8-9,11-12H,3-7H2,1-2H3. The molecule has 0 aliphatic rings. The SMILES string of the molecule is CSC(CO)C(C)NS(=O)(=O)CCCCCl. The zero-order valence-corrected chi connectivity index (χ0v) is 12.0. The van der Waals surface area contributed by atoms with E-state index in [9.17, 15) is 8.42 Å². The molecule has 0 aromatic carbocycles. The lowest BCUT2D eigenvalue weighted by Crippen LogP contribution is -2.42. The van der Waals surface area contributed by atoms with Gasteiger partial charge in [0, 0.05) is 17.2 Å². The molecule has 0 amide bonds. The van der Waals surface area contributed by atoms with Gasteiger partial charge in [-0.2, -0.15) is 11.8 Å². The van der Waals surface area contributed by atoms with E-state index in [1.54, 1.807) is 6.92 Å². The summed E-state index contributed by atoms with van der Waals surface area (Å²) in [5.41, 5.74) is 0. The Hall–Kier alpha value is 0.510. The van der Waals surface area contributed by atoms with Gasteiger partial charge in [0.1, 0.15) is 0 Å². The number of aliphatic hydroxyl groups excluding tert-OH is 1. The number of sulfonamides is 1. The molecule has 16 heavy (non-hydrogen) atoms. The molecule has 7 heteroatoms. The highest BCUT2D eigenvalue weighted by molar-refractivity contribution is 7.99. The topological polar surface area (TPSA) is 66.4 Å². The first-order valence-corrected chi connectivity index (χ1v) is 8.64. The van der Waals surface area contributed by atoms with Crippen LogP contribution in [-0.4, -0.2) is 49.3 Å². The van der Waals surface area contributed by atoms with Gasteiger partial charge in [-0.05, 0) is 26.0 Å². The smallest absolute Gasteiger partial charge is 0.211 e. The van der Waals surface area contributed by atoms with Crippen LogP contribution in [0.4, 0.5) is 0 Å². The van der Waals surface area contributed by atoms with E-state index in [1.165, 1.54) is 11.8 Å². The molecule has 0 aromatic rings. The lowest BCUT2D eigenvalue weighted by Gasteiger charge is -2.21. The van der Waals surface area contributed by atoms with Crippen molar-refractivity contribution in [2.45, 2.75) is 31.1 Å². The molecule has 0 saturated heterocycles. The summed E-state index contributed by atoms with van der Waals surface area (Å²) in [5.74, 6) is 0.575. The average Bonchev–Trinajstić information content (AvgIpc) is 2.18. The Bertz CT molecular complexity index is 268. The molecule has 0 fully saturated rings. The minimum Gasteiger partial charge on any atom is -0.395 e. The highest BCUT2D eigenvalue weighted by Crippen LogP contribution is 2.11. The van der Waals surface area contributed by atoms with Crippen LogP contribution in [0.3, 0.4) is 0 Å². The molecule has 0 aliphatic carbocycles. The zero-order valence-electron chi connectivity index (χ0n) is 9.65. The summed E-state index contributed by atoms with van der Waals surface area (Å²) < 4.78 is 25.8. The fourth-order valence-corrected chi connectivity index (χ4v) is 3.57. The Kier molecular flexibility index (Phi) is 8.85. The molecule has 0 spiro atoms. The molecule has 0 aromatic heterocycles. The third kappa shape index (κ3) is 6.96. The van der Waals surface area contributed by atoms with E-state index in [4.69, 9.17) is 16.7 Å². The van der Waals surface area contributed by atoms with E-state index >= 15 is 0 Å². The maximum absolute atomic E-state index is 11.6. The number of halogens is 1. The van der Waals surface area contributed by atoms with Gasteiger partial charge in [0.2, 0.25) is 10.0 Å². The number of unbranched alkanes of at least 4 members (excludes halogenated alkanes) is 1. The van der Waals surface area contributed by atoms with Crippen LogP contribution in [-0.2, 0) is 10.0 Å². The average molecular weight is 290 g/mol. The first kappa shape index (κ1) is 16.5. The molecule has 0 bridgehead atoms. The predicted octanol–water partition coefficient (Wildman–Crippen LogP) is 1.04. The summed E-state index contributed by atoms with van der Waals surface area (Å²) in [6.07, 6.45) is 3.11. The lowest BCUT2D eigenvalue weighted by atomic mass is 10.3. The van der Waals surface area contributed by atoms with E-state index in [0.717, 1.165) is 0 Å². The molecule has 0 rings (SSSR count). The van der Waals surface area contributed by atoms with E-state index in [2.05, 4.69) is 4.72 Å². The molecular formula is C9H20ClNO3S2. The van der Waals surface area contributed by atoms with Crippen molar-refractivity contribution in [1.29, 1.82) is 0 Å². The Balaban J connectivity index is 4.14. The van der Waals surface area contributed by atoms with Crippen molar-refractivity contribution in [1.82, 2.24) is 4.72 Å². The van der Waals surface area contributed by atoms with Gasteiger partial charge < -0.3 is 5.11 Å². The summed E-state index contributed by atoms with van der Waals surface area (Å²) in [6.45, 7) is 1.73. The molecule has 98 valence electrons. The van der Waals surface area contributed by atoms with E-state index in [0.29, 0.717) is 18.7 Å². The van der Waals surface area contributed by atoms with Gasteiger partial charge >= 0.3 is 0 Å². The molecule has 2 unspecified atom stereocenters. The van der Waals surface area contributed by atoms with E-state index in [-0.39, 0.29) is 23.7 Å². The lowest BCUT2D eigenvalue weighted by molar-refractivity contribution is 0.282. The molecular weight excluding hydrogens is 270 g/mol. The van der Waals surface area contributed by atoms with Crippen LogP contribution >= 0.6 is 23.4 Å². The number of nitrogens with one attached hydrogen (secondary N) is 1. The molecule has 0 radical (unpaired) electrons. The molecule has 2 N–H and O–H groups in total. The van der Waals surface area contributed by atoms with Crippen molar-refractivity contribution in [3.8, 4) is 0 Å². The van der Waals surface area contributed by atoms with Gasteiger partial charge in [0.05, 0.1) is 12.4 Å². The second-order valence-electron chi connectivity index (χ2n) is 3.58. The fraction of sp³-hybridized carbons (Fsp3) is 1.00. The summed E-state index contributed by atoms with van der Waals surface area (Å²) in [6, 6.07) is -0.263. The molecule has 4 nitrogen and oxygen atoms in total. The molecule has 0 heterocycles. The normalized spacial score (nSPS) is 16.0. The summed E-state index contributed by atoms with van der Waals surface area (Å²) in [7, 11) is -3.25. The van der Waals surface area contributed by atoms with Gasteiger partial charge in [0.15, 0.2) is 0 Å². The van der Waals surface area contributed by atoms with Crippen molar-refractivity contribution in [2.24, 2.45) is 0 Å². The largest absolute Gasteiger partial charge is 0.395 e. The van der Waals surface area contributed by atoms with Crippen LogP contribution in [0.25, 0.3) is 0 Å².